The molecule has 2 N–H and O–H groups in total. The number of carbonyl (C=O) groups is 1. The van der Waals surface area contributed by atoms with Crippen LogP contribution in [0, 0.1) is 0 Å². The van der Waals surface area contributed by atoms with Gasteiger partial charge in [0.05, 0.1) is 29.5 Å². The van der Waals surface area contributed by atoms with E-state index in [1.165, 1.54) is 0 Å². The van der Waals surface area contributed by atoms with Gasteiger partial charge in [-0.25, -0.2) is 15.0 Å². The number of likely N-dealkylation sites (tertiary alicyclic amines) is 1. The van der Waals surface area contributed by atoms with Crippen molar-refractivity contribution in [2.45, 2.75) is 19.3 Å². The van der Waals surface area contributed by atoms with Gasteiger partial charge in [0.25, 0.3) is 5.91 Å². The van der Waals surface area contributed by atoms with Gasteiger partial charge >= 0.3 is 0 Å². The van der Waals surface area contributed by atoms with E-state index >= 15 is 0 Å². The second-order valence-electron chi connectivity index (χ2n) is 7.47. The van der Waals surface area contributed by atoms with Gasteiger partial charge in [-0.3, -0.25) is 14.0 Å². The van der Waals surface area contributed by atoms with Crippen LogP contribution in [0.5, 0.6) is 0 Å². The number of hydrogen-bond donors (Lipinski definition) is 2. The van der Waals surface area contributed by atoms with Crippen LogP contribution < -0.4 is 10.9 Å². The molecule has 1 fully saturated rings. The van der Waals surface area contributed by atoms with E-state index in [0.29, 0.717) is 11.3 Å². The molecule has 0 saturated carbocycles. The predicted molar refractivity (Wildman–Crippen MR) is 116 cm³/mol. The van der Waals surface area contributed by atoms with Gasteiger partial charge < -0.3 is 15.2 Å². The van der Waals surface area contributed by atoms with Crippen molar-refractivity contribution in [3.05, 3.63) is 71.4 Å². The summed E-state index contributed by atoms with van der Waals surface area (Å²) in [4.78, 5) is 41.6. The van der Waals surface area contributed by atoms with Gasteiger partial charge in [-0.2, -0.15) is 0 Å². The van der Waals surface area contributed by atoms with E-state index in [2.05, 4.69) is 25.3 Å². The minimum absolute atomic E-state index is 0.121. The number of hydrogen-bond acceptors (Lipinski definition) is 6. The predicted octanol–water partition coefficient (Wildman–Crippen LogP) is 2.85. The number of rotatable bonds is 4. The van der Waals surface area contributed by atoms with Crippen LogP contribution in [0.2, 0.25) is 0 Å². The number of piperidine rings is 1. The lowest BCUT2D eigenvalue weighted by Gasteiger charge is -2.25. The van der Waals surface area contributed by atoms with Crippen molar-refractivity contribution < 1.29 is 4.79 Å². The third kappa shape index (κ3) is 3.77. The molecule has 31 heavy (non-hydrogen) atoms. The van der Waals surface area contributed by atoms with Gasteiger partial charge in [0.15, 0.2) is 5.65 Å². The van der Waals surface area contributed by atoms with E-state index in [1.807, 2.05) is 33.7 Å². The van der Waals surface area contributed by atoms with Crippen LogP contribution in [0.1, 0.15) is 29.9 Å². The number of nitrogens with one attached hydrogen (secondary N) is 2. The lowest BCUT2D eigenvalue weighted by molar-refractivity contribution is 0.0712. The number of imidazole rings is 1. The second-order valence-corrected chi connectivity index (χ2v) is 7.47. The maximum atomic E-state index is 12.5. The van der Waals surface area contributed by atoms with Crippen molar-refractivity contribution in [3.8, 4) is 11.3 Å². The molecule has 0 aromatic carbocycles. The number of nitrogens with zero attached hydrogens (tertiary/aromatic N) is 5. The Kier molecular flexibility index (Phi) is 4.91. The molecule has 5 heterocycles. The van der Waals surface area contributed by atoms with Gasteiger partial charge in [-0.1, -0.05) is 0 Å². The molecule has 9 nitrogen and oxygen atoms in total. The van der Waals surface area contributed by atoms with Crippen molar-refractivity contribution in [1.29, 1.82) is 0 Å². The molecule has 1 aliphatic heterocycles. The quantitative estimate of drug-likeness (QED) is 0.531. The highest BCUT2D eigenvalue weighted by atomic mass is 16.2. The molecule has 156 valence electrons. The molecule has 9 heteroatoms. The summed E-state index contributed by atoms with van der Waals surface area (Å²) in [6.07, 6.45) is 11.6. The molecule has 1 amide bonds. The maximum absolute atomic E-state index is 12.5. The average Bonchev–Trinajstić information content (AvgIpc) is 3.30. The van der Waals surface area contributed by atoms with Gasteiger partial charge in [0.2, 0.25) is 11.4 Å². The molecule has 4 aromatic rings. The maximum Gasteiger partial charge on any atom is 0.291 e. The monoisotopic (exact) mass is 415 g/mol. The van der Waals surface area contributed by atoms with Gasteiger partial charge in [0.1, 0.15) is 0 Å². The SMILES string of the molecule is O=C(c1ncc(Nc2ccc(-c3cc[nH]c(=O)c3)n3ccnc23)cn1)N1CCCCC1. The minimum Gasteiger partial charge on any atom is -0.350 e. The number of aromatic amines is 1. The Labute approximate surface area is 177 Å². The van der Waals surface area contributed by atoms with Crippen LogP contribution >= 0.6 is 0 Å². The first-order valence-electron chi connectivity index (χ1n) is 10.2. The minimum atomic E-state index is -0.163. The first-order chi connectivity index (χ1) is 15.2. The summed E-state index contributed by atoms with van der Waals surface area (Å²) in [6, 6.07) is 7.20. The topological polar surface area (TPSA) is 108 Å². The Hall–Kier alpha value is -4.01. The summed E-state index contributed by atoms with van der Waals surface area (Å²) < 4.78 is 1.91. The number of fused-ring (bicyclic) bond motifs is 1. The van der Waals surface area contributed by atoms with Crippen molar-refractivity contribution >= 4 is 22.9 Å². The highest BCUT2D eigenvalue weighted by Crippen LogP contribution is 2.26. The summed E-state index contributed by atoms with van der Waals surface area (Å²) in [6.45, 7) is 1.53. The fourth-order valence-electron chi connectivity index (χ4n) is 3.85. The van der Waals surface area contributed by atoms with E-state index < -0.39 is 0 Å². The van der Waals surface area contributed by atoms with E-state index in [9.17, 15) is 9.59 Å². The molecule has 0 unspecified atom stereocenters. The van der Waals surface area contributed by atoms with Gasteiger partial charge in [-0.05, 0) is 37.5 Å². The molecular weight excluding hydrogens is 394 g/mol. The first kappa shape index (κ1) is 19.0. The van der Waals surface area contributed by atoms with Gasteiger partial charge in [0, 0.05) is 43.3 Å². The van der Waals surface area contributed by atoms with Crippen LogP contribution in [-0.2, 0) is 0 Å². The molecule has 0 radical (unpaired) electrons. The summed E-state index contributed by atoms with van der Waals surface area (Å²) in [5.74, 6) is 0.0900. The van der Waals surface area contributed by atoms with Crippen molar-refractivity contribution in [1.82, 2.24) is 29.2 Å². The molecule has 0 atom stereocenters. The molecule has 0 bridgehead atoms. The molecule has 5 rings (SSSR count). The molecule has 0 spiro atoms. The summed E-state index contributed by atoms with van der Waals surface area (Å²) in [5.41, 5.74) is 3.60. The summed E-state index contributed by atoms with van der Waals surface area (Å²) in [7, 11) is 0. The zero-order chi connectivity index (χ0) is 21.2. The highest BCUT2D eigenvalue weighted by Gasteiger charge is 2.20. The van der Waals surface area contributed by atoms with Crippen molar-refractivity contribution in [2.75, 3.05) is 18.4 Å². The second kappa shape index (κ2) is 8.02. The Morgan fingerprint density at radius 2 is 1.84 bits per heavy atom. The van der Waals surface area contributed by atoms with E-state index in [0.717, 1.165) is 49.3 Å². The van der Waals surface area contributed by atoms with E-state index in [4.69, 9.17) is 0 Å². The van der Waals surface area contributed by atoms with Crippen molar-refractivity contribution in [2.24, 2.45) is 0 Å². The normalized spacial score (nSPS) is 14.0. The zero-order valence-corrected chi connectivity index (χ0v) is 16.8. The lowest BCUT2D eigenvalue weighted by Crippen LogP contribution is -2.36. The smallest absolute Gasteiger partial charge is 0.291 e. The number of pyridine rings is 2. The Morgan fingerprint density at radius 3 is 2.61 bits per heavy atom. The van der Waals surface area contributed by atoms with Crippen molar-refractivity contribution in [3.63, 3.8) is 0 Å². The number of carbonyl (C=O) groups excluding carboxylic acids is 1. The third-order valence-electron chi connectivity index (χ3n) is 5.39. The Bertz CT molecular complexity index is 1290. The lowest BCUT2D eigenvalue weighted by atomic mass is 10.1. The first-order valence-corrected chi connectivity index (χ1v) is 10.2. The molecule has 1 aliphatic rings. The zero-order valence-electron chi connectivity index (χ0n) is 16.8. The third-order valence-corrected chi connectivity index (χ3v) is 5.39. The summed E-state index contributed by atoms with van der Waals surface area (Å²) >= 11 is 0. The number of amides is 1. The fourth-order valence-corrected chi connectivity index (χ4v) is 3.85. The standard InChI is InChI=1S/C22H21N7O2/c30-19-12-15(6-7-23-19)18-5-4-17(21-24-8-11-29(18)21)27-16-13-25-20(26-14-16)22(31)28-9-2-1-3-10-28/h4-8,11-14,27H,1-3,9-10H2,(H,23,30). The van der Waals surface area contributed by atoms with Crippen LogP contribution in [0.4, 0.5) is 11.4 Å². The van der Waals surface area contributed by atoms with Gasteiger partial charge in [-0.15, -0.1) is 0 Å². The average molecular weight is 415 g/mol. The number of aromatic nitrogens is 5. The van der Waals surface area contributed by atoms with E-state index in [-0.39, 0.29) is 17.3 Å². The van der Waals surface area contributed by atoms with Crippen LogP contribution in [0.3, 0.4) is 0 Å². The molecule has 4 aromatic heterocycles. The largest absolute Gasteiger partial charge is 0.350 e. The Balaban J connectivity index is 1.40. The number of H-pyrrole nitrogens is 1. The van der Waals surface area contributed by atoms with Crippen LogP contribution in [-0.4, -0.2) is 48.2 Å². The molecule has 0 aliphatic carbocycles. The fraction of sp³-hybridized carbons (Fsp3) is 0.227. The Morgan fingerprint density at radius 1 is 1.03 bits per heavy atom. The number of anilines is 2. The van der Waals surface area contributed by atoms with Crippen LogP contribution in [0.15, 0.2) is 60.0 Å². The molecular formula is C22H21N7O2. The highest BCUT2D eigenvalue weighted by molar-refractivity contribution is 5.90. The molecule has 1 saturated heterocycles. The van der Waals surface area contributed by atoms with E-state index in [1.54, 1.807) is 30.9 Å². The van der Waals surface area contributed by atoms with Crippen LogP contribution in [0.25, 0.3) is 16.9 Å². The summed E-state index contributed by atoms with van der Waals surface area (Å²) in [5, 5.41) is 3.27.